The third-order valence-corrected chi connectivity index (χ3v) is 20.5. The van der Waals surface area contributed by atoms with Gasteiger partial charge in [0.15, 0.2) is 43.7 Å². The number of carbonyl (C=O) groups excluding carboxylic acids is 2. The Bertz CT molecular complexity index is 2190. The Morgan fingerprint density at radius 2 is 1.24 bits per heavy atom. The highest BCUT2D eigenvalue weighted by molar-refractivity contribution is 5.67. The van der Waals surface area contributed by atoms with Crippen molar-refractivity contribution in [2.24, 2.45) is 34.5 Å². The van der Waals surface area contributed by atoms with Gasteiger partial charge in [0.2, 0.25) is 0 Å². The average molecular weight is 1190 g/mol. The van der Waals surface area contributed by atoms with Crippen molar-refractivity contribution in [2.45, 2.75) is 273 Å². The molecule has 5 aliphatic heterocycles. The van der Waals surface area contributed by atoms with Gasteiger partial charge in [-0.2, -0.15) is 0 Å². The molecule has 0 aromatic rings. The Hall–Kier alpha value is -2.16. The predicted molar refractivity (Wildman–Crippen MR) is 284 cm³/mol. The number of methoxy groups -OCH3 is 3. The molecule has 25 heteroatoms. The summed E-state index contributed by atoms with van der Waals surface area (Å²) in [6.07, 6.45) is -18.3. The lowest BCUT2D eigenvalue weighted by molar-refractivity contribution is -0.376. The molecule has 0 amide bonds. The van der Waals surface area contributed by atoms with Gasteiger partial charge in [0.05, 0.1) is 49.8 Å². The molecule has 4 aliphatic carbocycles. The average Bonchev–Trinajstić information content (AvgIpc) is 2.09. The van der Waals surface area contributed by atoms with Crippen LogP contribution in [0, 0.1) is 34.5 Å². The topological polar surface area (TPSA) is 334 Å². The van der Waals surface area contributed by atoms with Crippen LogP contribution in [0.15, 0.2) is 11.6 Å². The summed E-state index contributed by atoms with van der Waals surface area (Å²) in [6, 6.07) is 0. The zero-order chi connectivity index (χ0) is 60.1. The van der Waals surface area contributed by atoms with Crippen molar-refractivity contribution in [3.63, 3.8) is 0 Å². The first-order chi connectivity index (χ1) is 39.4. The number of ether oxygens (including phenoxy) is 15. The van der Waals surface area contributed by atoms with Crippen LogP contribution < -0.4 is 0 Å². The summed E-state index contributed by atoms with van der Waals surface area (Å²) in [7, 11) is 4.46. The molecular weight excluding hydrogens is 1100 g/mol. The van der Waals surface area contributed by atoms with Gasteiger partial charge in [-0.1, -0.05) is 25.5 Å². The standard InChI is InChI=1S/C58H94O25/c1-24(74-55-51(49(70-10)40(62)25(2)75-55)83-54-46(68)44(66)42(64)38(81-54)23-72-53-45(67)43(65)41(63)37(22-59)80-53)33-14-15-34-32-13-12-30-20-31(16-18-57(30,7)35(32)17-19-58(33,34)8)79-39-21-36(69-9)47(26(3)73-39)82-56-52(78-29(6)61)50(71-11)48(27(4)76-56)77-28(5)60/h12,24-27,31-56,59,62-68H,13-23H2,1-11H3/t24-,25-,26-,27-,31+,32?,33?,34?,35?,36+,37-,38-,39+,40+,41-,42-,43+,44+,45-,46-,47-,48+,49+,50+,51-,52-,53-,54+,55-,56+,57+,58-/m1/s1. The minimum Gasteiger partial charge on any atom is -0.457 e. The highest BCUT2D eigenvalue weighted by Gasteiger charge is 2.61. The largest absolute Gasteiger partial charge is 0.457 e. The maximum Gasteiger partial charge on any atom is 0.303 e. The third kappa shape index (κ3) is 13.0. The molecule has 0 aromatic heterocycles. The molecule has 83 heavy (non-hydrogen) atoms. The van der Waals surface area contributed by atoms with Gasteiger partial charge < -0.3 is 112 Å². The molecule has 5 saturated heterocycles. The third-order valence-electron chi connectivity index (χ3n) is 20.5. The zero-order valence-electron chi connectivity index (χ0n) is 49.7. The molecule has 476 valence electrons. The summed E-state index contributed by atoms with van der Waals surface area (Å²) in [5, 5.41) is 85.3. The summed E-state index contributed by atoms with van der Waals surface area (Å²) < 4.78 is 91.5. The maximum atomic E-state index is 12.3. The van der Waals surface area contributed by atoms with Crippen LogP contribution in [0.3, 0.4) is 0 Å². The minimum absolute atomic E-state index is 0.00371. The van der Waals surface area contributed by atoms with Crippen LogP contribution >= 0.6 is 0 Å². The monoisotopic (exact) mass is 1190 g/mol. The number of esters is 2. The molecule has 3 saturated carbocycles. The van der Waals surface area contributed by atoms with Crippen molar-refractivity contribution in [1.82, 2.24) is 0 Å². The van der Waals surface area contributed by atoms with E-state index in [0.717, 1.165) is 51.4 Å². The molecule has 25 nitrogen and oxygen atoms in total. The van der Waals surface area contributed by atoms with E-state index in [2.05, 4.69) is 19.9 Å². The van der Waals surface area contributed by atoms with Crippen LogP contribution in [-0.4, -0.2) is 247 Å². The molecule has 0 bridgehead atoms. The summed E-state index contributed by atoms with van der Waals surface area (Å²) in [5.74, 6) is 0.380. The van der Waals surface area contributed by atoms with Crippen molar-refractivity contribution in [1.29, 1.82) is 0 Å². The van der Waals surface area contributed by atoms with Gasteiger partial charge >= 0.3 is 11.9 Å². The second-order valence-electron chi connectivity index (χ2n) is 25.3. The lowest BCUT2D eigenvalue weighted by Gasteiger charge is -2.58. The van der Waals surface area contributed by atoms with Gasteiger partial charge in [-0.3, -0.25) is 9.59 Å². The van der Waals surface area contributed by atoms with Gasteiger partial charge in [0.1, 0.15) is 79.4 Å². The Labute approximate surface area is 485 Å². The second-order valence-corrected chi connectivity index (χ2v) is 25.3. The maximum absolute atomic E-state index is 12.3. The van der Waals surface area contributed by atoms with Gasteiger partial charge in [-0.05, 0) is 114 Å². The van der Waals surface area contributed by atoms with Crippen molar-refractivity contribution in [3.05, 3.63) is 11.6 Å². The van der Waals surface area contributed by atoms with Gasteiger partial charge in [0, 0.05) is 41.6 Å². The smallest absolute Gasteiger partial charge is 0.303 e. The molecule has 5 heterocycles. The fourth-order valence-corrected chi connectivity index (χ4v) is 16.0. The van der Waals surface area contributed by atoms with Crippen molar-refractivity contribution >= 4 is 11.9 Å². The molecule has 0 radical (unpaired) electrons. The number of allylic oxidation sites excluding steroid dienone is 1. The Morgan fingerprint density at radius 1 is 0.614 bits per heavy atom. The SMILES string of the molecule is CO[C@H]1[C@@H](OC(C)=O)[C@@H](C)O[C@@H](O[C@H]2[C@@H](OC)C[C@H](O[C@H]3CC[C@@]4(C)C(=CCC5C6CCC([C@@H](C)O[C@@H]7O[C@H](C)[C@H](O)[C@H](OC)[C@H]7O[C@@H]7O[C@H](CO[C@@H]8O[C@H](CO)[C@@H](O)[C@H](O)[C@H]8O)[C@@H](O)[C@H](O)[C@H]7O)[C@@]6(C)CCC54)C3)O[C@@H]2C)[C@@H]1OC(C)=O. The highest BCUT2D eigenvalue weighted by atomic mass is 16.8. The van der Waals surface area contributed by atoms with Crippen LogP contribution in [-0.2, 0) is 80.6 Å². The molecule has 9 rings (SSSR count). The number of carbonyl (C=O) groups is 2. The number of hydrogen-bond donors (Lipinski definition) is 8. The highest BCUT2D eigenvalue weighted by Crippen LogP contribution is 2.67. The molecule has 8 N–H and O–H groups in total. The summed E-state index contributed by atoms with van der Waals surface area (Å²) in [6.45, 7) is 13.5. The van der Waals surface area contributed by atoms with Crippen LogP contribution in [0.4, 0.5) is 0 Å². The summed E-state index contributed by atoms with van der Waals surface area (Å²) in [5.41, 5.74) is 1.35. The fraction of sp³-hybridized carbons (Fsp3) is 0.931. The molecule has 32 atom stereocenters. The van der Waals surface area contributed by atoms with Crippen LogP contribution in [0.2, 0.25) is 0 Å². The molecular formula is C58H94O25. The zero-order valence-corrected chi connectivity index (χ0v) is 49.7. The first-order valence-electron chi connectivity index (χ1n) is 29.9. The van der Waals surface area contributed by atoms with E-state index in [0.29, 0.717) is 24.2 Å². The Morgan fingerprint density at radius 3 is 1.90 bits per heavy atom. The number of aliphatic hydroxyl groups excluding tert-OH is 8. The van der Waals surface area contributed by atoms with Gasteiger partial charge in [-0.25, -0.2) is 0 Å². The second kappa shape index (κ2) is 26.9. The van der Waals surface area contributed by atoms with E-state index >= 15 is 0 Å². The number of fused-ring (bicyclic) bond motifs is 5. The van der Waals surface area contributed by atoms with Crippen LogP contribution in [0.25, 0.3) is 0 Å². The number of aliphatic hydroxyl groups is 8. The molecule has 0 aromatic carbocycles. The van der Waals surface area contributed by atoms with E-state index in [4.69, 9.17) is 71.1 Å². The summed E-state index contributed by atoms with van der Waals surface area (Å²) >= 11 is 0. The van der Waals surface area contributed by atoms with Gasteiger partial charge in [-0.15, -0.1) is 0 Å². The predicted octanol–water partition coefficient (Wildman–Crippen LogP) is 0.644. The number of rotatable bonds is 18. The van der Waals surface area contributed by atoms with Gasteiger partial charge in [0.25, 0.3) is 0 Å². The van der Waals surface area contributed by atoms with E-state index in [1.54, 1.807) is 21.0 Å². The molecule has 0 spiro atoms. The Balaban J connectivity index is 0.817. The molecule has 9 aliphatic rings. The van der Waals surface area contributed by atoms with Crippen molar-refractivity contribution in [3.8, 4) is 0 Å². The Kier molecular flexibility index (Phi) is 21.2. The number of hydrogen-bond acceptors (Lipinski definition) is 25. The normalized spacial score (nSPS) is 50.5. The van der Waals surface area contributed by atoms with Crippen LogP contribution in [0.5, 0.6) is 0 Å². The first-order valence-corrected chi connectivity index (χ1v) is 29.9. The van der Waals surface area contributed by atoms with Crippen molar-refractivity contribution < 1.29 is 121 Å². The van der Waals surface area contributed by atoms with Crippen LogP contribution in [0.1, 0.15) is 113 Å². The summed E-state index contributed by atoms with van der Waals surface area (Å²) in [4.78, 5) is 24.3. The lowest BCUT2D eigenvalue weighted by Crippen LogP contribution is -2.65. The minimum atomic E-state index is -1.82. The van der Waals surface area contributed by atoms with E-state index in [-0.39, 0.29) is 29.0 Å². The van der Waals surface area contributed by atoms with E-state index in [1.807, 2.05) is 13.8 Å². The fourth-order valence-electron chi connectivity index (χ4n) is 16.0. The van der Waals surface area contributed by atoms with E-state index in [1.165, 1.54) is 33.6 Å². The van der Waals surface area contributed by atoms with E-state index in [9.17, 15) is 50.4 Å². The van der Waals surface area contributed by atoms with E-state index < -0.39 is 173 Å². The van der Waals surface area contributed by atoms with Crippen molar-refractivity contribution in [2.75, 3.05) is 34.5 Å². The lowest BCUT2D eigenvalue weighted by atomic mass is 9.47. The first kappa shape index (κ1) is 65.3. The molecule has 4 unspecified atom stereocenters. The quantitative estimate of drug-likeness (QED) is 0.0690. The molecule has 8 fully saturated rings.